The van der Waals surface area contributed by atoms with Crippen LogP contribution < -0.4 is 0 Å². The maximum atomic E-state index is 5.33. The lowest BCUT2D eigenvalue weighted by molar-refractivity contribution is 0.255. The summed E-state index contributed by atoms with van der Waals surface area (Å²) in [5, 5.41) is 3.77. The highest BCUT2D eigenvalue weighted by Gasteiger charge is 2.30. The molecule has 1 unspecified atom stereocenters. The number of hydrogen-bond acceptors (Lipinski definition) is 3. The molecule has 1 heterocycles. The second-order valence-electron chi connectivity index (χ2n) is 5.57. The Morgan fingerprint density at radius 1 is 1.00 bits per heavy atom. The van der Waals surface area contributed by atoms with Gasteiger partial charge in [-0.25, -0.2) is 0 Å². The molecule has 0 aromatic carbocycles. The molecule has 0 aliphatic rings. The molecule has 0 amide bonds. The van der Waals surface area contributed by atoms with Crippen molar-refractivity contribution in [2.24, 2.45) is 0 Å². The Balaban J connectivity index is 2.51. The third-order valence-corrected chi connectivity index (χ3v) is 3.79. The normalized spacial score (nSPS) is 14.6. The molecule has 0 saturated carbocycles. The van der Waals surface area contributed by atoms with Crippen LogP contribution in [0, 0.1) is 0 Å². The van der Waals surface area contributed by atoms with Gasteiger partial charge in [-0.3, -0.25) is 0 Å². The van der Waals surface area contributed by atoms with Gasteiger partial charge < -0.3 is 4.52 Å². The molecule has 3 heteroatoms. The van der Waals surface area contributed by atoms with E-state index in [1.165, 1.54) is 57.7 Å². The molecule has 1 aromatic rings. The van der Waals surface area contributed by atoms with Gasteiger partial charge in [-0.15, -0.1) is 0 Å². The fraction of sp³-hybridized carbons (Fsp3) is 0.867. The van der Waals surface area contributed by atoms with Gasteiger partial charge in [-0.05, 0) is 12.8 Å². The molecule has 0 aliphatic heterocycles. The summed E-state index contributed by atoms with van der Waals surface area (Å²) in [4.78, 5) is 4.29. The van der Waals surface area contributed by atoms with Crippen LogP contribution in [-0.2, 0) is 5.41 Å². The number of aromatic nitrogens is 2. The van der Waals surface area contributed by atoms with E-state index in [0.29, 0.717) is 0 Å². The summed E-state index contributed by atoms with van der Waals surface area (Å²) < 4.78 is 5.33. The van der Waals surface area contributed by atoms with Crippen molar-refractivity contribution in [1.82, 2.24) is 10.1 Å². The molecular weight excluding hydrogens is 224 g/mol. The third kappa shape index (κ3) is 4.79. The smallest absolute Gasteiger partial charge is 0.232 e. The lowest BCUT2D eigenvalue weighted by Crippen LogP contribution is -2.22. The molecule has 18 heavy (non-hydrogen) atoms. The van der Waals surface area contributed by atoms with Crippen LogP contribution in [0.25, 0.3) is 0 Å². The van der Waals surface area contributed by atoms with Crippen LogP contribution in [-0.4, -0.2) is 10.1 Å². The Bertz CT molecular complexity index is 297. The van der Waals surface area contributed by atoms with Crippen LogP contribution in [0.15, 0.2) is 10.9 Å². The Morgan fingerprint density at radius 3 is 2.17 bits per heavy atom. The second-order valence-corrected chi connectivity index (χ2v) is 5.57. The molecule has 1 rings (SSSR count). The Hall–Kier alpha value is -0.860. The highest BCUT2D eigenvalue weighted by Crippen LogP contribution is 2.33. The van der Waals surface area contributed by atoms with Gasteiger partial charge in [-0.2, -0.15) is 4.98 Å². The van der Waals surface area contributed by atoms with Crippen molar-refractivity contribution in [3.8, 4) is 0 Å². The van der Waals surface area contributed by atoms with Gasteiger partial charge in [0.1, 0.15) is 0 Å². The van der Waals surface area contributed by atoms with Gasteiger partial charge in [0.05, 0.1) is 0 Å². The van der Waals surface area contributed by atoms with Crippen molar-refractivity contribution in [2.75, 3.05) is 0 Å². The zero-order valence-electron chi connectivity index (χ0n) is 12.2. The molecule has 104 valence electrons. The van der Waals surface area contributed by atoms with Gasteiger partial charge in [0.25, 0.3) is 0 Å². The maximum Gasteiger partial charge on any atom is 0.232 e. The first-order valence-corrected chi connectivity index (χ1v) is 7.50. The molecule has 0 fully saturated rings. The molecule has 0 N–H and O–H groups in total. The Morgan fingerprint density at radius 2 is 1.61 bits per heavy atom. The van der Waals surface area contributed by atoms with E-state index in [-0.39, 0.29) is 5.41 Å². The van der Waals surface area contributed by atoms with Gasteiger partial charge in [0.2, 0.25) is 5.89 Å². The number of rotatable bonds is 10. The molecular formula is C15H28N2O. The largest absolute Gasteiger partial charge is 0.339 e. The SMILES string of the molecule is CCCCCCC(C)(CCCCC)c1ncno1. The van der Waals surface area contributed by atoms with E-state index in [1.807, 2.05) is 0 Å². The number of unbranched alkanes of at least 4 members (excludes halogenated alkanes) is 5. The summed E-state index contributed by atoms with van der Waals surface area (Å²) in [6, 6.07) is 0. The lowest BCUT2D eigenvalue weighted by atomic mass is 9.79. The molecule has 1 atom stereocenters. The van der Waals surface area contributed by atoms with Crippen LogP contribution >= 0.6 is 0 Å². The van der Waals surface area contributed by atoms with Gasteiger partial charge in [0, 0.05) is 5.41 Å². The van der Waals surface area contributed by atoms with E-state index < -0.39 is 0 Å². The van der Waals surface area contributed by atoms with Gasteiger partial charge >= 0.3 is 0 Å². The highest BCUT2D eigenvalue weighted by atomic mass is 16.5. The molecule has 0 aliphatic carbocycles. The van der Waals surface area contributed by atoms with Crippen molar-refractivity contribution < 1.29 is 4.52 Å². The van der Waals surface area contributed by atoms with Crippen LogP contribution in [0.1, 0.15) is 84.4 Å². The van der Waals surface area contributed by atoms with Crippen molar-refractivity contribution >= 4 is 0 Å². The fourth-order valence-electron chi connectivity index (χ4n) is 2.49. The van der Waals surface area contributed by atoms with E-state index >= 15 is 0 Å². The van der Waals surface area contributed by atoms with Crippen LogP contribution in [0.4, 0.5) is 0 Å². The van der Waals surface area contributed by atoms with Crippen molar-refractivity contribution in [3.63, 3.8) is 0 Å². The van der Waals surface area contributed by atoms with Crippen molar-refractivity contribution in [2.45, 2.75) is 84.0 Å². The molecule has 1 aromatic heterocycles. The summed E-state index contributed by atoms with van der Waals surface area (Å²) in [6.07, 6.45) is 12.8. The molecule has 0 saturated heterocycles. The Labute approximate surface area is 111 Å². The van der Waals surface area contributed by atoms with Crippen molar-refractivity contribution in [1.29, 1.82) is 0 Å². The molecule has 0 radical (unpaired) electrons. The summed E-state index contributed by atoms with van der Waals surface area (Å²) in [5.41, 5.74) is 0.0827. The zero-order valence-corrected chi connectivity index (χ0v) is 12.2. The average Bonchev–Trinajstić information content (AvgIpc) is 2.89. The monoisotopic (exact) mass is 252 g/mol. The summed E-state index contributed by atoms with van der Waals surface area (Å²) >= 11 is 0. The van der Waals surface area contributed by atoms with E-state index in [9.17, 15) is 0 Å². The van der Waals surface area contributed by atoms with Crippen molar-refractivity contribution in [3.05, 3.63) is 12.2 Å². The fourth-order valence-corrected chi connectivity index (χ4v) is 2.49. The van der Waals surface area contributed by atoms with Gasteiger partial charge in [-0.1, -0.05) is 70.9 Å². The predicted octanol–water partition coefficient (Wildman–Crippen LogP) is 4.88. The lowest BCUT2D eigenvalue weighted by Gasteiger charge is -2.25. The first-order valence-electron chi connectivity index (χ1n) is 7.50. The minimum absolute atomic E-state index is 0.0827. The topological polar surface area (TPSA) is 38.9 Å². The zero-order chi connectivity index (χ0) is 13.3. The predicted molar refractivity (Wildman–Crippen MR) is 74.6 cm³/mol. The number of hydrogen-bond donors (Lipinski definition) is 0. The van der Waals surface area contributed by atoms with Gasteiger partial charge in [0.15, 0.2) is 6.33 Å². The number of nitrogens with zero attached hydrogens (tertiary/aromatic N) is 2. The van der Waals surface area contributed by atoms with E-state index in [2.05, 4.69) is 30.9 Å². The second kappa shape index (κ2) is 8.28. The minimum Gasteiger partial charge on any atom is -0.339 e. The summed E-state index contributed by atoms with van der Waals surface area (Å²) in [6.45, 7) is 6.77. The van der Waals surface area contributed by atoms with E-state index in [0.717, 1.165) is 12.3 Å². The van der Waals surface area contributed by atoms with Crippen LogP contribution in [0.3, 0.4) is 0 Å². The third-order valence-electron chi connectivity index (χ3n) is 3.79. The Kier molecular flexibility index (Phi) is 6.99. The first kappa shape index (κ1) is 15.2. The standard InChI is InChI=1S/C15H28N2O/c1-4-6-8-10-12-15(3,11-9-7-5-2)14-16-13-17-18-14/h13H,4-12H2,1-3H3. The maximum absolute atomic E-state index is 5.33. The molecule has 0 bridgehead atoms. The van der Waals surface area contributed by atoms with Crippen LogP contribution in [0.2, 0.25) is 0 Å². The highest BCUT2D eigenvalue weighted by molar-refractivity contribution is 5.00. The van der Waals surface area contributed by atoms with Crippen LogP contribution in [0.5, 0.6) is 0 Å². The quantitative estimate of drug-likeness (QED) is 0.557. The molecule has 0 spiro atoms. The summed E-state index contributed by atoms with van der Waals surface area (Å²) in [5.74, 6) is 0.829. The summed E-state index contributed by atoms with van der Waals surface area (Å²) in [7, 11) is 0. The molecule has 3 nitrogen and oxygen atoms in total. The first-order chi connectivity index (χ1) is 8.73. The van der Waals surface area contributed by atoms with E-state index in [4.69, 9.17) is 4.52 Å². The minimum atomic E-state index is 0.0827. The average molecular weight is 252 g/mol. The van der Waals surface area contributed by atoms with E-state index in [1.54, 1.807) is 0 Å².